The number of aryl methyl sites for hydroxylation is 1. The van der Waals surface area contributed by atoms with E-state index in [4.69, 9.17) is 14.2 Å². The van der Waals surface area contributed by atoms with Gasteiger partial charge in [0, 0.05) is 24.9 Å². The van der Waals surface area contributed by atoms with E-state index in [-0.39, 0.29) is 12.0 Å². The number of amides is 1. The number of ether oxygens (including phenoxy) is 3. The van der Waals surface area contributed by atoms with Gasteiger partial charge in [0.05, 0.1) is 13.2 Å². The molecule has 0 aliphatic carbocycles. The van der Waals surface area contributed by atoms with Crippen molar-refractivity contribution >= 4 is 5.91 Å². The van der Waals surface area contributed by atoms with Crippen molar-refractivity contribution in [3.63, 3.8) is 0 Å². The number of benzene rings is 2. The van der Waals surface area contributed by atoms with E-state index in [9.17, 15) is 4.79 Å². The maximum atomic E-state index is 12.7. The minimum Gasteiger partial charge on any atom is -0.490 e. The second-order valence-electron chi connectivity index (χ2n) is 6.92. The lowest BCUT2D eigenvalue weighted by molar-refractivity contribution is 0.0950. The highest BCUT2D eigenvalue weighted by Crippen LogP contribution is 2.33. The second kappa shape index (κ2) is 6.90. The fraction of sp³-hybridized carbons (Fsp3) is 0.381. The average Bonchev–Trinajstić information content (AvgIpc) is 2.84. The summed E-state index contributed by atoms with van der Waals surface area (Å²) in [6, 6.07) is 9.75. The number of nitrogens with one attached hydrogen (secondary N) is 1. The molecule has 0 fully saturated rings. The molecule has 0 radical (unpaired) electrons. The molecule has 136 valence electrons. The Morgan fingerprint density at radius 2 is 1.88 bits per heavy atom. The van der Waals surface area contributed by atoms with Crippen molar-refractivity contribution in [3.8, 4) is 17.2 Å². The van der Waals surface area contributed by atoms with Crippen LogP contribution in [0.2, 0.25) is 0 Å². The van der Waals surface area contributed by atoms with Crippen LogP contribution in [0, 0.1) is 6.92 Å². The standard InChI is InChI=1S/C21H23NO4/c1-13-8-19-20(25-7-3-6-24-19)11-17(13)21(23)22-12-15-4-5-18-16(10-15)9-14(2)26-18/h4-5,8,10-11,14H,3,6-7,9,12H2,1-2H3,(H,22,23)/t14-/m0/s1. The van der Waals surface area contributed by atoms with Gasteiger partial charge in [-0.2, -0.15) is 0 Å². The van der Waals surface area contributed by atoms with Crippen molar-refractivity contribution in [1.82, 2.24) is 5.32 Å². The molecule has 0 saturated heterocycles. The van der Waals surface area contributed by atoms with E-state index in [0.29, 0.717) is 36.8 Å². The Bertz CT molecular complexity index is 846. The summed E-state index contributed by atoms with van der Waals surface area (Å²) in [5.41, 5.74) is 3.77. The maximum Gasteiger partial charge on any atom is 0.251 e. The molecule has 0 unspecified atom stereocenters. The quantitative estimate of drug-likeness (QED) is 0.919. The minimum absolute atomic E-state index is 0.108. The molecule has 0 aromatic heterocycles. The zero-order chi connectivity index (χ0) is 18.1. The molecule has 2 aromatic rings. The van der Waals surface area contributed by atoms with E-state index >= 15 is 0 Å². The van der Waals surface area contributed by atoms with Gasteiger partial charge >= 0.3 is 0 Å². The van der Waals surface area contributed by atoms with Crippen LogP contribution >= 0.6 is 0 Å². The van der Waals surface area contributed by atoms with Crippen molar-refractivity contribution in [3.05, 3.63) is 52.6 Å². The summed E-state index contributed by atoms with van der Waals surface area (Å²) in [6.07, 6.45) is 1.98. The van der Waals surface area contributed by atoms with Crippen molar-refractivity contribution < 1.29 is 19.0 Å². The van der Waals surface area contributed by atoms with E-state index in [1.165, 1.54) is 5.56 Å². The summed E-state index contributed by atoms with van der Waals surface area (Å²) in [5, 5.41) is 3.00. The van der Waals surface area contributed by atoms with Crippen LogP contribution in [0.4, 0.5) is 0 Å². The Morgan fingerprint density at radius 1 is 1.12 bits per heavy atom. The predicted molar refractivity (Wildman–Crippen MR) is 98.2 cm³/mol. The lowest BCUT2D eigenvalue weighted by atomic mass is 10.1. The first-order valence-electron chi connectivity index (χ1n) is 9.07. The molecule has 5 heteroatoms. The van der Waals surface area contributed by atoms with E-state index in [1.54, 1.807) is 6.07 Å². The van der Waals surface area contributed by atoms with Gasteiger partial charge in [0.25, 0.3) is 5.91 Å². The fourth-order valence-electron chi connectivity index (χ4n) is 3.42. The molecule has 2 heterocycles. The van der Waals surface area contributed by atoms with Gasteiger partial charge < -0.3 is 19.5 Å². The van der Waals surface area contributed by atoms with Gasteiger partial charge in [-0.1, -0.05) is 12.1 Å². The van der Waals surface area contributed by atoms with Crippen LogP contribution in [0.1, 0.15) is 40.4 Å². The van der Waals surface area contributed by atoms with E-state index in [0.717, 1.165) is 29.7 Å². The lowest BCUT2D eigenvalue weighted by Gasteiger charge is -2.13. The molecule has 26 heavy (non-hydrogen) atoms. The number of fused-ring (bicyclic) bond motifs is 2. The van der Waals surface area contributed by atoms with E-state index in [1.807, 2.05) is 25.1 Å². The van der Waals surface area contributed by atoms with Crippen LogP contribution in [0.15, 0.2) is 30.3 Å². The zero-order valence-corrected chi connectivity index (χ0v) is 15.1. The summed E-state index contributed by atoms with van der Waals surface area (Å²) in [4.78, 5) is 12.7. The van der Waals surface area contributed by atoms with Crippen LogP contribution in [-0.4, -0.2) is 25.2 Å². The molecule has 2 aromatic carbocycles. The van der Waals surface area contributed by atoms with Gasteiger partial charge in [-0.05, 0) is 48.7 Å². The Kier molecular flexibility index (Phi) is 4.45. The van der Waals surface area contributed by atoms with Gasteiger partial charge in [-0.3, -0.25) is 4.79 Å². The normalized spacial score (nSPS) is 17.8. The van der Waals surface area contributed by atoms with Crippen molar-refractivity contribution in [1.29, 1.82) is 0 Å². The number of carbonyl (C=O) groups excluding carboxylic acids is 1. The van der Waals surface area contributed by atoms with E-state index in [2.05, 4.69) is 18.3 Å². The molecule has 1 amide bonds. The smallest absolute Gasteiger partial charge is 0.251 e. The largest absolute Gasteiger partial charge is 0.490 e. The van der Waals surface area contributed by atoms with Gasteiger partial charge in [0.1, 0.15) is 11.9 Å². The molecule has 4 rings (SSSR count). The molecule has 0 saturated carbocycles. The van der Waals surface area contributed by atoms with Crippen LogP contribution in [-0.2, 0) is 13.0 Å². The second-order valence-corrected chi connectivity index (χ2v) is 6.92. The first kappa shape index (κ1) is 16.8. The number of hydrogen-bond donors (Lipinski definition) is 1. The molecular weight excluding hydrogens is 330 g/mol. The van der Waals surface area contributed by atoms with E-state index < -0.39 is 0 Å². The molecule has 0 spiro atoms. The summed E-state index contributed by atoms with van der Waals surface area (Å²) in [7, 11) is 0. The predicted octanol–water partition coefficient (Wildman–Crippen LogP) is 3.41. The first-order valence-corrected chi connectivity index (χ1v) is 9.07. The van der Waals surface area contributed by atoms with Gasteiger partial charge in [0.2, 0.25) is 0 Å². The highest BCUT2D eigenvalue weighted by molar-refractivity contribution is 5.96. The molecule has 5 nitrogen and oxygen atoms in total. The summed E-state index contributed by atoms with van der Waals surface area (Å²) < 4.78 is 17.1. The molecule has 2 aliphatic heterocycles. The highest BCUT2D eigenvalue weighted by Gasteiger charge is 2.20. The van der Waals surface area contributed by atoms with Crippen LogP contribution in [0.25, 0.3) is 0 Å². The Balaban J connectivity index is 1.47. The summed E-state index contributed by atoms with van der Waals surface area (Å²) in [5.74, 6) is 2.20. The Morgan fingerprint density at radius 3 is 2.69 bits per heavy atom. The van der Waals surface area contributed by atoms with Crippen LogP contribution < -0.4 is 19.5 Å². The zero-order valence-electron chi connectivity index (χ0n) is 15.1. The first-order chi connectivity index (χ1) is 12.6. The highest BCUT2D eigenvalue weighted by atomic mass is 16.5. The molecule has 2 aliphatic rings. The number of rotatable bonds is 3. The van der Waals surface area contributed by atoms with Crippen molar-refractivity contribution in [2.24, 2.45) is 0 Å². The lowest BCUT2D eigenvalue weighted by Crippen LogP contribution is -2.23. The Hall–Kier alpha value is -2.69. The van der Waals surface area contributed by atoms with Gasteiger partial charge in [0.15, 0.2) is 11.5 Å². The summed E-state index contributed by atoms with van der Waals surface area (Å²) >= 11 is 0. The van der Waals surface area contributed by atoms with Crippen LogP contribution in [0.5, 0.6) is 17.2 Å². The molecule has 1 N–H and O–H groups in total. The van der Waals surface area contributed by atoms with Gasteiger partial charge in [-0.15, -0.1) is 0 Å². The number of carbonyl (C=O) groups is 1. The maximum absolute atomic E-state index is 12.7. The monoisotopic (exact) mass is 353 g/mol. The molecule has 1 atom stereocenters. The molecule has 0 bridgehead atoms. The Labute approximate surface area is 153 Å². The van der Waals surface area contributed by atoms with Crippen molar-refractivity contribution in [2.75, 3.05) is 13.2 Å². The fourth-order valence-corrected chi connectivity index (χ4v) is 3.42. The molecular formula is C21H23NO4. The SMILES string of the molecule is Cc1cc2c(cc1C(=O)NCc1ccc3c(c1)C[C@H](C)O3)OCCCO2. The topological polar surface area (TPSA) is 56.8 Å². The summed E-state index contributed by atoms with van der Waals surface area (Å²) in [6.45, 7) is 5.70. The minimum atomic E-state index is -0.108. The third kappa shape index (κ3) is 3.34. The number of hydrogen-bond acceptors (Lipinski definition) is 4. The van der Waals surface area contributed by atoms with Crippen molar-refractivity contribution in [2.45, 2.75) is 39.3 Å². The average molecular weight is 353 g/mol. The third-order valence-corrected chi connectivity index (χ3v) is 4.75. The third-order valence-electron chi connectivity index (χ3n) is 4.75. The van der Waals surface area contributed by atoms with Crippen LogP contribution in [0.3, 0.4) is 0 Å². The van der Waals surface area contributed by atoms with Gasteiger partial charge in [-0.25, -0.2) is 0 Å².